The van der Waals surface area contributed by atoms with Crippen LogP contribution < -0.4 is 0 Å². The number of likely N-dealkylation sites (tertiary alicyclic amines) is 1. The van der Waals surface area contributed by atoms with Crippen molar-refractivity contribution in [2.75, 3.05) is 13.2 Å². The van der Waals surface area contributed by atoms with E-state index in [0.717, 1.165) is 43.2 Å². The molecule has 1 saturated carbocycles. The van der Waals surface area contributed by atoms with Gasteiger partial charge in [0.2, 0.25) is 5.91 Å². The van der Waals surface area contributed by atoms with E-state index >= 15 is 0 Å². The van der Waals surface area contributed by atoms with Crippen LogP contribution in [-0.2, 0) is 16.0 Å². The Bertz CT molecular complexity index is 979. The van der Waals surface area contributed by atoms with Gasteiger partial charge in [0, 0.05) is 31.4 Å². The lowest BCUT2D eigenvalue weighted by atomic mass is 9.81. The zero-order valence-electron chi connectivity index (χ0n) is 18.7. The Labute approximate surface area is 194 Å². The molecule has 0 bridgehead atoms. The lowest BCUT2D eigenvalue weighted by Gasteiger charge is -2.33. The maximum atomic E-state index is 13.6. The fraction of sp³-hybridized carbons (Fsp3) is 0.444. The molecule has 174 valence electrons. The average Bonchev–Trinajstić information content (AvgIpc) is 3.30. The summed E-state index contributed by atoms with van der Waals surface area (Å²) in [5, 5.41) is 18.5. The Hall–Kier alpha value is -2.99. The first-order valence-electron chi connectivity index (χ1n) is 11.8. The first-order valence-corrected chi connectivity index (χ1v) is 11.8. The molecule has 2 aliphatic rings. The first-order chi connectivity index (χ1) is 16.0. The molecule has 2 atom stereocenters. The monoisotopic (exact) mass is 449 g/mol. The van der Waals surface area contributed by atoms with Gasteiger partial charge in [0.05, 0.1) is 11.6 Å². The van der Waals surface area contributed by atoms with Crippen molar-refractivity contribution in [3.63, 3.8) is 0 Å². The number of carboxylic acid groups (broad SMARTS) is 1. The zero-order valence-corrected chi connectivity index (χ0v) is 18.7. The van der Waals surface area contributed by atoms with Crippen LogP contribution in [0.4, 0.5) is 0 Å². The average molecular weight is 450 g/mol. The van der Waals surface area contributed by atoms with E-state index in [-0.39, 0.29) is 48.0 Å². The van der Waals surface area contributed by atoms with Gasteiger partial charge in [-0.25, -0.2) is 4.79 Å². The van der Waals surface area contributed by atoms with E-state index in [1.165, 1.54) is 12.1 Å². The number of carbonyl (C=O) groups excluding carboxylic acids is 2. The molecule has 2 aromatic carbocycles. The van der Waals surface area contributed by atoms with Crippen molar-refractivity contribution in [2.45, 2.75) is 50.5 Å². The van der Waals surface area contributed by atoms with E-state index in [2.05, 4.69) is 0 Å². The minimum Gasteiger partial charge on any atom is -0.478 e. The summed E-state index contributed by atoms with van der Waals surface area (Å²) in [6.07, 6.45) is 4.11. The number of rotatable bonds is 7. The predicted octanol–water partition coefficient (Wildman–Crippen LogP) is 3.68. The molecule has 0 spiro atoms. The quantitative estimate of drug-likeness (QED) is 0.672. The highest BCUT2D eigenvalue weighted by Crippen LogP contribution is 2.38. The number of hydrogen-bond donors (Lipinski definition) is 2. The molecule has 0 radical (unpaired) electrons. The summed E-state index contributed by atoms with van der Waals surface area (Å²) in [5.74, 6) is -0.815. The Morgan fingerprint density at radius 1 is 0.879 bits per heavy atom. The van der Waals surface area contributed by atoms with Gasteiger partial charge in [-0.05, 0) is 61.3 Å². The van der Waals surface area contributed by atoms with Crippen molar-refractivity contribution in [3.8, 4) is 0 Å². The molecule has 1 unspecified atom stereocenters. The molecular formula is C27H31NO5. The summed E-state index contributed by atoms with van der Waals surface area (Å²) in [6, 6.07) is 15.8. The summed E-state index contributed by atoms with van der Waals surface area (Å²) in [4.78, 5) is 40.0. The number of benzene rings is 2. The summed E-state index contributed by atoms with van der Waals surface area (Å²) >= 11 is 0. The van der Waals surface area contributed by atoms with Crippen LogP contribution in [0.1, 0.15) is 59.5 Å². The minimum atomic E-state index is -1.000. The summed E-state index contributed by atoms with van der Waals surface area (Å²) in [7, 11) is 0. The van der Waals surface area contributed by atoms with E-state index in [9.17, 15) is 19.5 Å². The van der Waals surface area contributed by atoms with Crippen LogP contribution in [0.2, 0.25) is 0 Å². The highest BCUT2D eigenvalue weighted by atomic mass is 16.4. The fourth-order valence-electron chi connectivity index (χ4n) is 5.38. The zero-order chi connectivity index (χ0) is 23.4. The molecule has 2 N–H and O–H groups in total. The van der Waals surface area contributed by atoms with Gasteiger partial charge in [0.15, 0.2) is 5.78 Å². The third-order valence-electron chi connectivity index (χ3n) is 7.27. The molecule has 1 aliphatic heterocycles. The third-order valence-corrected chi connectivity index (χ3v) is 7.27. The second-order valence-electron chi connectivity index (χ2n) is 9.33. The van der Waals surface area contributed by atoms with Gasteiger partial charge in [-0.3, -0.25) is 9.59 Å². The molecule has 2 aromatic rings. The summed E-state index contributed by atoms with van der Waals surface area (Å²) in [6.45, 7) is 0.731. The smallest absolute Gasteiger partial charge is 0.335 e. The Kier molecular flexibility index (Phi) is 7.23. The van der Waals surface area contributed by atoms with E-state index in [0.29, 0.717) is 6.54 Å². The number of hydrogen-bond acceptors (Lipinski definition) is 4. The van der Waals surface area contributed by atoms with E-state index < -0.39 is 12.0 Å². The molecule has 6 heteroatoms. The second-order valence-corrected chi connectivity index (χ2v) is 9.33. The molecule has 1 amide bonds. The number of carbonyl (C=O) groups is 3. The number of carboxylic acids is 1. The Balaban J connectivity index is 1.55. The number of amides is 1. The van der Waals surface area contributed by atoms with Crippen molar-refractivity contribution >= 4 is 17.7 Å². The Morgan fingerprint density at radius 2 is 1.55 bits per heavy atom. The second kappa shape index (κ2) is 10.3. The molecule has 33 heavy (non-hydrogen) atoms. The lowest BCUT2D eigenvalue weighted by molar-refractivity contribution is -0.142. The normalized spacial score (nSPS) is 25.1. The van der Waals surface area contributed by atoms with E-state index in [1.807, 2.05) is 30.3 Å². The van der Waals surface area contributed by atoms with Crippen LogP contribution in [0.15, 0.2) is 54.6 Å². The Morgan fingerprint density at radius 3 is 2.15 bits per heavy atom. The van der Waals surface area contributed by atoms with Gasteiger partial charge in [-0.15, -0.1) is 0 Å². The van der Waals surface area contributed by atoms with Crippen molar-refractivity contribution < 1.29 is 24.6 Å². The van der Waals surface area contributed by atoms with Crippen LogP contribution in [-0.4, -0.2) is 52.0 Å². The van der Waals surface area contributed by atoms with Gasteiger partial charge in [0.1, 0.15) is 0 Å². The number of Topliss-reactive ketones (excluding diaryl/α,β-unsaturated/α-hetero) is 1. The number of nitrogens with zero attached hydrogens (tertiary/aromatic N) is 1. The number of aliphatic hydroxyl groups excluding tert-OH is 1. The van der Waals surface area contributed by atoms with E-state index in [1.54, 1.807) is 17.0 Å². The maximum absolute atomic E-state index is 13.6. The molecule has 6 nitrogen and oxygen atoms in total. The largest absolute Gasteiger partial charge is 0.478 e. The van der Waals surface area contributed by atoms with Crippen molar-refractivity contribution in [1.29, 1.82) is 0 Å². The molecule has 1 saturated heterocycles. The predicted molar refractivity (Wildman–Crippen MR) is 124 cm³/mol. The molecule has 0 aromatic heterocycles. The molecule has 1 heterocycles. The van der Waals surface area contributed by atoms with Gasteiger partial charge in [-0.2, -0.15) is 0 Å². The highest BCUT2D eigenvalue weighted by Gasteiger charge is 2.44. The number of aromatic carboxylic acids is 1. The van der Waals surface area contributed by atoms with Crippen LogP contribution in [0, 0.1) is 11.8 Å². The highest BCUT2D eigenvalue weighted by molar-refractivity contribution is 5.93. The SMILES string of the molecule is O=C(O)c1ccc(CC(=O)[C@@H]2C(c3ccccc3)CCN2C(=O)C2CCC(CO)CC2)cc1. The lowest BCUT2D eigenvalue weighted by Crippen LogP contribution is -2.46. The molecular weight excluding hydrogens is 418 g/mol. The number of ketones is 1. The van der Waals surface area contributed by atoms with Crippen LogP contribution in [0.25, 0.3) is 0 Å². The molecule has 1 aliphatic carbocycles. The topological polar surface area (TPSA) is 94.9 Å². The van der Waals surface area contributed by atoms with Gasteiger partial charge >= 0.3 is 5.97 Å². The van der Waals surface area contributed by atoms with Gasteiger partial charge in [0.25, 0.3) is 0 Å². The minimum absolute atomic E-state index is 0.0122. The van der Waals surface area contributed by atoms with Gasteiger partial charge in [-0.1, -0.05) is 42.5 Å². The summed E-state index contributed by atoms with van der Waals surface area (Å²) < 4.78 is 0. The first kappa shape index (κ1) is 23.2. The van der Waals surface area contributed by atoms with Crippen molar-refractivity contribution in [1.82, 2.24) is 4.90 Å². The van der Waals surface area contributed by atoms with Gasteiger partial charge < -0.3 is 15.1 Å². The summed E-state index contributed by atoms with van der Waals surface area (Å²) in [5.41, 5.74) is 2.00. The van der Waals surface area contributed by atoms with Crippen LogP contribution >= 0.6 is 0 Å². The maximum Gasteiger partial charge on any atom is 0.335 e. The number of aliphatic hydroxyl groups is 1. The van der Waals surface area contributed by atoms with Crippen LogP contribution in [0.5, 0.6) is 0 Å². The third kappa shape index (κ3) is 5.17. The van der Waals surface area contributed by atoms with E-state index in [4.69, 9.17) is 5.11 Å². The molecule has 4 rings (SSSR count). The van der Waals surface area contributed by atoms with Crippen LogP contribution in [0.3, 0.4) is 0 Å². The van der Waals surface area contributed by atoms with Crippen molar-refractivity contribution in [3.05, 3.63) is 71.3 Å². The molecule has 2 fully saturated rings. The standard InChI is InChI=1S/C27H31NO5/c29-17-19-8-10-21(11-9-19)26(31)28-15-14-23(20-4-2-1-3-5-20)25(28)24(30)16-18-6-12-22(13-7-18)27(32)33/h1-7,12-13,19,21,23,25,29H,8-11,14-17H2,(H,32,33)/t19?,21?,23?,25-/m0/s1. The van der Waals surface area contributed by atoms with Crippen molar-refractivity contribution in [2.24, 2.45) is 11.8 Å². The fourth-order valence-corrected chi connectivity index (χ4v) is 5.38.